The second kappa shape index (κ2) is 5.37. The topological polar surface area (TPSA) is 52.6 Å². The van der Waals surface area contributed by atoms with Crippen LogP contribution in [0.25, 0.3) is 0 Å². The van der Waals surface area contributed by atoms with E-state index in [0.717, 1.165) is 32.2 Å². The van der Waals surface area contributed by atoms with Crippen LogP contribution < -0.4 is 5.32 Å². The number of carboxylic acid groups (broad SMARTS) is 1. The summed E-state index contributed by atoms with van der Waals surface area (Å²) in [4.78, 5) is 11.3. The lowest BCUT2D eigenvalue weighted by molar-refractivity contribution is -0.139. The Balaban J connectivity index is 1.93. The zero-order chi connectivity index (χ0) is 13.6. The summed E-state index contributed by atoms with van der Waals surface area (Å²) in [6.07, 6.45) is 6.01. The van der Waals surface area contributed by atoms with E-state index in [4.69, 9.17) is 0 Å². The van der Waals surface area contributed by atoms with Gasteiger partial charge in [-0.25, -0.2) is 0 Å². The van der Waals surface area contributed by atoms with Crippen LogP contribution in [0.5, 0.6) is 0 Å². The lowest BCUT2D eigenvalue weighted by atomic mass is 9.80. The molecule has 1 fully saturated rings. The number of hydrogen-bond donors (Lipinski definition) is 2. The Bertz CT molecular complexity index is 477. The molecule has 0 saturated carbocycles. The Labute approximate surface area is 134 Å². The van der Waals surface area contributed by atoms with Crippen LogP contribution in [0.4, 0.5) is 0 Å². The highest BCUT2D eigenvalue weighted by Gasteiger charge is 2.39. The van der Waals surface area contributed by atoms with Crippen LogP contribution in [0.15, 0.2) is 21.8 Å². The van der Waals surface area contributed by atoms with E-state index >= 15 is 0 Å². The highest BCUT2D eigenvalue weighted by molar-refractivity contribution is 14.1. The fourth-order valence-electron chi connectivity index (χ4n) is 3.33. The molecular formula is C13H16BrIN2O2. The minimum absolute atomic E-state index is 0.194. The summed E-state index contributed by atoms with van der Waals surface area (Å²) in [5.41, 5.74) is 2.62. The molecule has 2 aliphatic heterocycles. The Morgan fingerprint density at radius 3 is 3.05 bits per heavy atom. The maximum Gasteiger partial charge on any atom is 0.320 e. The molecule has 3 rings (SSSR count). The summed E-state index contributed by atoms with van der Waals surface area (Å²) in [7, 11) is 0. The molecule has 6 heteroatoms. The van der Waals surface area contributed by atoms with Gasteiger partial charge >= 0.3 is 5.97 Å². The van der Waals surface area contributed by atoms with Gasteiger partial charge < -0.3 is 8.22 Å². The molecule has 4 nitrogen and oxygen atoms in total. The highest BCUT2D eigenvalue weighted by Crippen LogP contribution is 2.44. The molecule has 1 saturated heterocycles. The largest absolute Gasteiger partial charge is 0.480 e. The van der Waals surface area contributed by atoms with Crippen molar-refractivity contribution in [1.29, 1.82) is 0 Å². The predicted molar refractivity (Wildman–Crippen MR) is 85.1 cm³/mol. The minimum Gasteiger partial charge on any atom is -0.480 e. The van der Waals surface area contributed by atoms with Gasteiger partial charge in [0.25, 0.3) is 0 Å². The normalized spacial score (nSPS) is 34.5. The van der Waals surface area contributed by atoms with E-state index < -0.39 is 12.0 Å². The molecule has 104 valence electrons. The Kier molecular flexibility index (Phi) is 3.92. The average Bonchev–Trinajstić information content (AvgIpc) is 2.61. The van der Waals surface area contributed by atoms with Gasteiger partial charge in [-0.3, -0.25) is 10.1 Å². The Morgan fingerprint density at radius 2 is 2.32 bits per heavy atom. The Morgan fingerprint density at radius 1 is 1.53 bits per heavy atom. The van der Waals surface area contributed by atoms with Crippen molar-refractivity contribution in [2.75, 3.05) is 6.54 Å². The predicted octanol–water partition coefficient (Wildman–Crippen LogP) is 2.80. The average molecular weight is 439 g/mol. The second-order valence-electron chi connectivity index (χ2n) is 5.46. The van der Waals surface area contributed by atoms with Crippen molar-refractivity contribution < 1.29 is 9.90 Å². The first-order valence-corrected chi connectivity index (χ1v) is 8.33. The van der Waals surface area contributed by atoms with Crippen LogP contribution >= 0.6 is 38.8 Å². The van der Waals surface area contributed by atoms with E-state index in [-0.39, 0.29) is 6.04 Å². The van der Waals surface area contributed by atoms with Crippen LogP contribution in [0, 0.1) is 5.92 Å². The second-order valence-corrected chi connectivity index (χ2v) is 7.65. The minimum atomic E-state index is -0.722. The Hall–Kier alpha value is -0.0800. The van der Waals surface area contributed by atoms with Gasteiger partial charge in [0, 0.05) is 16.7 Å². The standard InChI is InChI=1S/C13H16BrIN2O2/c14-10-4-7-2-1-3-11(13(18)19)16-12(7)9-6-17(15)5-8(9)10/h6-7,11-12,16H,1-5H2,(H,18,19)/t7?,11-,12?/m0/s1. The van der Waals surface area contributed by atoms with Gasteiger partial charge in [0.1, 0.15) is 6.04 Å². The van der Waals surface area contributed by atoms with E-state index in [1.807, 2.05) is 0 Å². The maximum absolute atomic E-state index is 11.3. The van der Waals surface area contributed by atoms with Gasteiger partial charge in [0.05, 0.1) is 29.4 Å². The van der Waals surface area contributed by atoms with Gasteiger partial charge in [-0.15, -0.1) is 0 Å². The van der Waals surface area contributed by atoms with Gasteiger partial charge in [0.15, 0.2) is 0 Å². The number of halogens is 2. The monoisotopic (exact) mass is 438 g/mol. The van der Waals surface area contributed by atoms with Crippen LogP contribution in [0.2, 0.25) is 0 Å². The third kappa shape index (κ3) is 2.58. The van der Waals surface area contributed by atoms with E-state index in [1.165, 1.54) is 15.6 Å². The molecule has 3 aliphatic rings. The van der Waals surface area contributed by atoms with Crippen molar-refractivity contribution in [1.82, 2.24) is 8.43 Å². The zero-order valence-electron chi connectivity index (χ0n) is 10.4. The molecule has 2 N–H and O–H groups in total. The van der Waals surface area contributed by atoms with Gasteiger partial charge in [0.2, 0.25) is 0 Å². The molecule has 0 radical (unpaired) electrons. The highest BCUT2D eigenvalue weighted by atomic mass is 127. The van der Waals surface area contributed by atoms with Crippen molar-refractivity contribution in [3.8, 4) is 0 Å². The van der Waals surface area contributed by atoms with Crippen LogP contribution in [-0.4, -0.2) is 32.8 Å². The summed E-state index contributed by atoms with van der Waals surface area (Å²) in [5.74, 6) is -0.211. The molecule has 2 heterocycles. The van der Waals surface area contributed by atoms with Crippen molar-refractivity contribution in [3.63, 3.8) is 0 Å². The van der Waals surface area contributed by atoms with Crippen molar-refractivity contribution >= 4 is 44.8 Å². The SMILES string of the molecule is O=C(O)[C@@H]1CCCC2CC(Br)=C3CN(I)C=C3C2N1. The summed E-state index contributed by atoms with van der Waals surface area (Å²) in [5, 5.41) is 12.7. The van der Waals surface area contributed by atoms with E-state index in [2.05, 4.69) is 53.4 Å². The van der Waals surface area contributed by atoms with Crippen molar-refractivity contribution in [2.45, 2.75) is 37.8 Å². The number of carbonyl (C=O) groups is 1. The summed E-state index contributed by atoms with van der Waals surface area (Å²) in [6, 6.07) is -0.211. The third-order valence-corrected chi connectivity index (χ3v) is 5.68. The fourth-order valence-corrected chi connectivity index (χ4v) is 4.74. The smallest absolute Gasteiger partial charge is 0.320 e. The third-order valence-electron chi connectivity index (χ3n) is 4.26. The van der Waals surface area contributed by atoms with E-state index in [9.17, 15) is 9.90 Å². The van der Waals surface area contributed by atoms with E-state index in [1.54, 1.807) is 0 Å². The molecule has 3 atom stereocenters. The number of allylic oxidation sites excluding steroid dienone is 1. The molecule has 0 bridgehead atoms. The molecule has 0 amide bonds. The summed E-state index contributed by atoms with van der Waals surface area (Å²) < 4.78 is 3.45. The number of nitrogens with one attached hydrogen (secondary N) is 1. The molecule has 0 aromatic carbocycles. The molecule has 0 spiro atoms. The van der Waals surface area contributed by atoms with Crippen molar-refractivity contribution in [2.24, 2.45) is 5.92 Å². The first-order valence-electron chi connectivity index (χ1n) is 6.57. The number of fused-ring (bicyclic) bond motifs is 3. The lowest BCUT2D eigenvalue weighted by Crippen LogP contribution is -2.47. The van der Waals surface area contributed by atoms with E-state index in [0.29, 0.717) is 5.92 Å². The summed E-state index contributed by atoms with van der Waals surface area (Å²) >= 11 is 6.02. The number of carboxylic acids is 1. The van der Waals surface area contributed by atoms with Gasteiger partial charge in [-0.1, -0.05) is 22.4 Å². The molecule has 0 aromatic heterocycles. The quantitative estimate of drug-likeness (QED) is 0.488. The number of rotatable bonds is 1. The molecular weight excluding hydrogens is 423 g/mol. The fraction of sp³-hybridized carbons (Fsp3) is 0.615. The van der Waals surface area contributed by atoms with Crippen LogP contribution in [0.3, 0.4) is 0 Å². The number of aliphatic carboxylic acids is 1. The lowest BCUT2D eigenvalue weighted by Gasteiger charge is -2.33. The molecule has 1 aliphatic carbocycles. The van der Waals surface area contributed by atoms with Gasteiger partial charge in [-0.2, -0.15) is 0 Å². The maximum atomic E-state index is 11.3. The first-order chi connectivity index (χ1) is 9.06. The molecule has 0 aromatic rings. The zero-order valence-corrected chi connectivity index (χ0v) is 14.1. The number of nitrogens with zero attached hydrogens (tertiary/aromatic N) is 1. The first kappa shape index (κ1) is 13.9. The number of hydrogen-bond acceptors (Lipinski definition) is 3. The van der Waals surface area contributed by atoms with Crippen LogP contribution in [0.1, 0.15) is 25.7 Å². The van der Waals surface area contributed by atoms with Crippen LogP contribution in [-0.2, 0) is 4.79 Å². The molecule has 2 unspecified atom stereocenters. The van der Waals surface area contributed by atoms with Gasteiger partial charge in [-0.05, 0) is 36.3 Å². The molecule has 19 heavy (non-hydrogen) atoms. The van der Waals surface area contributed by atoms with Crippen molar-refractivity contribution in [3.05, 3.63) is 21.8 Å². The summed E-state index contributed by atoms with van der Waals surface area (Å²) in [6.45, 7) is 0.916.